The number of halogens is 1. The van der Waals surface area contributed by atoms with E-state index in [1.165, 1.54) is 0 Å². The summed E-state index contributed by atoms with van der Waals surface area (Å²) in [7, 11) is 0. The second-order valence-corrected chi connectivity index (χ2v) is 5.96. The fraction of sp³-hybridized carbons (Fsp3) is 0.533. The zero-order valence-corrected chi connectivity index (χ0v) is 13.1. The predicted molar refractivity (Wildman–Crippen MR) is 82.0 cm³/mol. The molecule has 0 aliphatic rings. The molecule has 1 rings (SSSR count). The number of carbonyl (C=O) groups is 1. The molecule has 0 saturated carbocycles. The van der Waals surface area contributed by atoms with E-state index >= 15 is 0 Å². The Morgan fingerprint density at radius 2 is 2.15 bits per heavy atom. The van der Waals surface area contributed by atoms with Gasteiger partial charge in [-0.3, -0.25) is 4.79 Å². The molecule has 0 fully saturated rings. The van der Waals surface area contributed by atoms with Gasteiger partial charge in [-0.1, -0.05) is 31.5 Å². The van der Waals surface area contributed by atoms with E-state index in [1.807, 2.05) is 20.8 Å². The van der Waals surface area contributed by atoms with Gasteiger partial charge < -0.3 is 15.4 Å². The van der Waals surface area contributed by atoms with Gasteiger partial charge in [0.05, 0.1) is 0 Å². The lowest BCUT2D eigenvalue weighted by Gasteiger charge is -2.31. The third-order valence-electron chi connectivity index (χ3n) is 3.06. The number of nitrogens with two attached hydrogens (primary N) is 1. The van der Waals surface area contributed by atoms with Crippen molar-refractivity contribution in [1.29, 1.82) is 0 Å². The summed E-state index contributed by atoms with van der Waals surface area (Å²) in [6.45, 7) is 7.84. The molecule has 0 heterocycles. The van der Waals surface area contributed by atoms with Crippen LogP contribution in [0.15, 0.2) is 24.3 Å². The summed E-state index contributed by atoms with van der Waals surface area (Å²) < 4.78 is 5.47. The molecule has 0 saturated heterocycles. The van der Waals surface area contributed by atoms with Crippen molar-refractivity contribution < 1.29 is 9.53 Å². The zero-order valence-electron chi connectivity index (χ0n) is 12.4. The normalized spacial score (nSPS) is 11.2. The minimum atomic E-state index is -0.0955. The highest BCUT2D eigenvalue weighted by atomic mass is 35.5. The van der Waals surface area contributed by atoms with E-state index in [4.69, 9.17) is 22.1 Å². The van der Waals surface area contributed by atoms with Gasteiger partial charge in [-0.2, -0.15) is 0 Å². The Kier molecular flexibility index (Phi) is 6.30. The lowest BCUT2D eigenvalue weighted by atomic mass is 9.93. The summed E-state index contributed by atoms with van der Waals surface area (Å²) in [4.78, 5) is 13.9. The molecule has 112 valence electrons. The van der Waals surface area contributed by atoms with Crippen LogP contribution in [0.5, 0.6) is 5.75 Å². The molecule has 1 aromatic rings. The molecule has 0 aromatic heterocycles. The number of hydrogen-bond acceptors (Lipinski definition) is 3. The number of rotatable bonds is 7. The number of amides is 1. The van der Waals surface area contributed by atoms with Crippen LogP contribution in [0.1, 0.15) is 20.8 Å². The van der Waals surface area contributed by atoms with Crippen LogP contribution >= 0.6 is 11.6 Å². The standard InChI is InChI=1S/C15H23ClN2O2/c1-4-18(11-15(2,3)10-17)14(19)9-20-13-7-5-6-12(16)8-13/h5-8H,4,9-11,17H2,1-3H3. The summed E-state index contributed by atoms with van der Waals surface area (Å²) in [5.74, 6) is 0.550. The molecule has 20 heavy (non-hydrogen) atoms. The summed E-state index contributed by atoms with van der Waals surface area (Å²) in [5.41, 5.74) is 5.61. The molecule has 0 radical (unpaired) electrons. The Morgan fingerprint density at radius 3 is 2.70 bits per heavy atom. The van der Waals surface area contributed by atoms with E-state index in [1.54, 1.807) is 29.2 Å². The van der Waals surface area contributed by atoms with Crippen LogP contribution in [0.2, 0.25) is 5.02 Å². The number of benzene rings is 1. The van der Waals surface area contributed by atoms with Crippen molar-refractivity contribution in [3.05, 3.63) is 29.3 Å². The number of likely N-dealkylation sites (N-methyl/N-ethyl adjacent to an activating group) is 1. The summed E-state index contributed by atoms with van der Waals surface area (Å²) >= 11 is 5.87. The maximum atomic E-state index is 12.2. The molecule has 1 amide bonds. The highest BCUT2D eigenvalue weighted by molar-refractivity contribution is 6.30. The molecule has 4 nitrogen and oxygen atoms in total. The molecule has 0 unspecified atom stereocenters. The van der Waals surface area contributed by atoms with Crippen LogP contribution in [0.3, 0.4) is 0 Å². The maximum Gasteiger partial charge on any atom is 0.260 e. The van der Waals surface area contributed by atoms with E-state index in [2.05, 4.69) is 0 Å². The monoisotopic (exact) mass is 298 g/mol. The fourth-order valence-electron chi connectivity index (χ4n) is 1.75. The Hall–Kier alpha value is -1.26. The second-order valence-electron chi connectivity index (χ2n) is 5.52. The molecular weight excluding hydrogens is 276 g/mol. The van der Waals surface area contributed by atoms with Gasteiger partial charge in [-0.05, 0) is 37.1 Å². The zero-order chi connectivity index (χ0) is 15.2. The molecule has 0 bridgehead atoms. The van der Waals surface area contributed by atoms with Crippen molar-refractivity contribution in [2.75, 3.05) is 26.2 Å². The van der Waals surface area contributed by atoms with Crippen LogP contribution in [-0.2, 0) is 4.79 Å². The summed E-state index contributed by atoms with van der Waals surface area (Å²) in [5, 5.41) is 0.589. The molecular formula is C15H23ClN2O2. The minimum absolute atomic E-state index is 0.00876. The van der Waals surface area contributed by atoms with Gasteiger partial charge in [0.2, 0.25) is 0 Å². The molecule has 5 heteroatoms. The number of nitrogens with zero attached hydrogens (tertiary/aromatic N) is 1. The maximum absolute atomic E-state index is 12.2. The van der Waals surface area contributed by atoms with Gasteiger partial charge in [0.1, 0.15) is 5.75 Å². The quantitative estimate of drug-likeness (QED) is 0.841. The van der Waals surface area contributed by atoms with Crippen molar-refractivity contribution in [2.24, 2.45) is 11.1 Å². The molecule has 0 atom stereocenters. The first-order chi connectivity index (χ1) is 9.38. The van der Waals surface area contributed by atoms with Gasteiger partial charge in [0.15, 0.2) is 6.61 Å². The Bertz CT molecular complexity index is 449. The lowest BCUT2D eigenvalue weighted by molar-refractivity contribution is -0.134. The van der Waals surface area contributed by atoms with Crippen LogP contribution < -0.4 is 10.5 Å². The Labute approximate surface area is 125 Å². The highest BCUT2D eigenvalue weighted by Gasteiger charge is 2.22. The average molecular weight is 299 g/mol. The average Bonchev–Trinajstić information content (AvgIpc) is 2.42. The van der Waals surface area contributed by atoms with E-state index in [0.717, 1.165) is 0 Å². The van der Waals surface area contributed by atoms with Gasteiger partial charge in [-0.25, -0.2) is 0 Å². The van der Waals surface area contributed by atoms with Crippen LogP contribution in [0.25, 0.3) is 0 Å². The smallest absolute Gasteiger partial charge is 0.260 e. The largest absolute Gasteiger partial charge is 0.484 e. The first kappa shape index (κ1) is 16.8. The Balaban J connectivity index is 2.55. The molecule has 0 aliphatic carbocycles. The van der Waals surface area contributed by atoms with Crippen molar-refractivity contribution in [3.63, 3.8) is 0 Å². The predicted octanol–water partition coefficient (Wildman–Crippen LogP) is 2.55. The molecule has 2 N–H and O–H groups in total. The van der Waals surface area contributed by atoms with Crippen molar-refractivity contribution in [2.45, 2.75) is 20.8 Å². The van der Waals surface area contributed by atoms with Gasteiger partial charge in [0.25, 0.3) is 5.91 Å². The van der Waals surface area contributed by atoms with Gasteiger partial charge >= 0.3 is 0 Å². The third kappa shape index (κ3) is 5.39. The molecule has 0 spiro atoms. The van der Waals surface area contributed by atoms with Gasteiger partial charge in [-0.15, -0.1) is 0 Å². The highest BCUT2D eigenvalue weighted by Crippen LogP contribution is 2.18. The van der Waals surface area contributed by atoms with Crippen LogP contribution in [0, 0.1) is 5.41 Å². The number of hydrogen-bond donors (Lipinski definition) is 1. The lowest BCUT2D eigenvalue weighted by Crippen LogP contribution is -2.43. The van der Waals surface area contributed by atoms with E-state index in [9.17, 15) is 4.79 Å². The van der Waals surface area contributed by atoms with Crippen molar-refractivity contribution in [3.8, 4) is 5.75 Å². The Morgan fingerprint density at radius 1 is 1.45 bits per heavy atom. The summed E-state index contributed by atoms with van der Waals surface area (Å²) in [6.07, 6.45) is 0. The first-order valence-electron chi connectivity index (χ1n) is 6.74. The molecule has 1 aromatic carbocycles. The fourth-order valence-corrected chi connectivity index (χ4v) is 1.93. The van der Waals surface area contributed by atoms with E-state index in [-0.39, 0.29) is 17.9 Å². The number of carbonyl (C=O) groups excluding carboxylic acids is 1. The van der Waals surface area contributed by atoms with E-state index in [0.29, 0.717) is 30.4 Å². The van der Waals surface area contributed by atoms with Gasteiger partial charge in [0, 0.05) is 18.1 Å². The molecule has 0 aliphatic heterocycles. The number of ether oxygens (including phenoxy) is 1. The van der Waals surface area contributed by atoms with Crippen LogP contribution in [0.4, 0.5) is 0 Å². The van der Waals surface area contributed by atoms with Crippen molar-refractivity contribution in [1.82, 2.24) is 4.90 Å². The minimum Gasteiger partial charge on any atom is -0.484 e. The second kappa shape index (κ2) is 7.50. The van der Waals surface area contributed by atoms with Crippen molar-refractivity contribution >= 4 is 17.5 Å². The summed E-state index contributed by atoms with van der Waals surface area (Å²) in [6, 6.07) is 7.02. The third-order valence-corrected chi connectivity index (χ3v) is 3.30. The first-order valence-corrected chi connectivity index (χ1v) is 7.12. The van der Waals surface area contributed by atoms with E-state index < -0.39 is 0 Å². The topological polar surface area (TPSA) is 55.6 Å². The SMILES string of the molecule is CCN(CC(C)(C)CN)C(=O)COc1cccc(Cl)c1. The van der Waals surface area contributed by atoms with Crippen LogP contribution in [-0.4, -0.2) is 37.0 Å².